The van der Waals surface area contributed by atoms with Crippen LogP contribution in [0.3, 0.4) is 0 Å². The van der Waals surface area contributed by atoms with Crippen LogP contribution in [-0.2, 0) is 4.79 Å². The number of aliphatic carboxylic acids is 1. The van der Waals surface area contributed by atoms with Gasteiger partial charge in [0.1, 0.15) is 6.04 Å². The molecule has 0 amide bonds. The minimum atomic E-state index is -0.760. The summed E-state index contributed by atoms with van der Waals surface area (Å²) in [7, 11) is 2.10. The second-order valence-electron chi connectivity index (χ2n) is 5.20. The predicted octanol–water partition coefficient (Wildman–Crippen LogP) is 1.88. The van der Waals surface area contributed by atoms with Gasteiger partial charge in [-0.3, -0.25) is 15.0 Å². The maximum absolute atomic E-state index is 11.2. The number of likely N-dealkylation sites (N-methyl/N-ethyl adjacent to an activating group) is 1. The number of likely N-dealkylation sites (tertiary alicyclic amines) is 1. The molecule has 4 nitrogen and oxygen atoms in total. The van der Waals surface area contributed by atoms with Crippen molar-refractivity contribution in [2.45, 2.75) is 37.9 Å². The van der Waals surface area contributed by atoms with Crippen molar-refractivity contribution in [3.8, 4) is 0 Å². The third-order valence-electron chi connectivity index (χ3n) is 3.91. The first-order valence-electron chi connectivity index (χ1n) is 6.87. The Morgan fingerprint density at radius 1 is 1.47 bits per heavy atom. The summed E-state index contributed by atoms with van der Waals surface area (Å²) in [6, 6.07) is 10.3. The van der Waals surface area contributed by atoms with Gasteiger partial charge in [-0.1, -0.05) is 37.3 Å². The van der Waals surface area contributed by atoms with Gasteiger partial charge in [-0.05, 0) is 25.5 Å². The average molecular weight is 262 g/mol. The molecule has 0 aromatic heterocycles. The molecule has 1 aromatic carbocycles. The average Bonchev–Trinajstić information content (AvgIpc) is 2.77. The summed E-state index contributed by atoms with van der Waals surface area (Å²) in [5.41, 5.74) is 1.25. The molecule has 19 heavy (non-hydrogen) atoms. The molecule has 0 aliphatic carbocycles. The number of hydrogen-bond acceptors (Lipinski definition) is 3. The van der Waals surface area contributed by atoms with Crippen molar-refractivity contribution >= 4 is 5.97 Å². The number of nitrogens with zero attached hydrogens (tertiary/aromatic N) is 1. The highest BCUT2D eigenvalue weighted by atomic mass is 16.4. The van der Waals surface area contributed by atoms with Crippen molar-refractivity contribution in [2.24, 2.45) is 0 Å². The normalized spacial score (nSPS) is 25.4. The molecule has 4 heteroatoms. The number of carboxylic acid groups (broad SMARTS) is 1. The molecule has 1 saturated heterocycles. The van der Waals surface area contributed by atoms with Crippen LogP contribution in [0.15, 0.2) is 30.3 Å². The lowest BCUT2D eigenvalue weighted by Crippen LogP contribution is -2.45. The Kier molecular flexibility index (Phi) is 4.56. The fraction of sp³-hybridized carbons (Fsp3) is 0.533. The summed E-state index contributed by atoms with van der Waals surface area (Å²) in [6.07, 6.45) is 1.59. The van der Waals surface area contributed by atoms with Gasteiger partial charge < -0.3 is 5.11 Å². The highest BCUT2D eigenvalue weighted by Crippen LogP contribution is 2.31. The number of carbonyl (C=O) groups is 1. The van der Waals surface area contributed by atoms with E-state index in [2.05, 4.69) is 29.4 Å². The van der Waals surface area contributed by atoms with E-state index < -0.39 is 12.0 Å². The Bertz CT molecular complexity index is 421. The molecule has 1 aliphatic heterocycles. The second-order valence-corrected chi connectivity index (χ2v) is 5.20. The molecule has 3 atom stereocenters. The van der Waals surface area contributed by atoms with E-state index in [1.54, 1.807) is 0 Å². The number of rotatable bonds is 5. The molecule has 1 fully saturated rings. The van der Waals surface area contributed by atoms with Crippen LogP contribution >= 0.6 is 0 Å². The van der Waals surface area contributed by atoms with Crippen LogP contribution < -0.4 is 5.32 Å². The Hall–Kier alpha value is -1.39. The molecule has 0 spiro atoms. The second kappa shape index (κ2) is 6.17. The predicted molar refractivity (Wildman–Crippen MR) is 75.1 cm³/mol. The Morgan fingerprint density at radius 2 is 2.16 bits per heavy atom. The molecule has 2 rings (SSSR count). The minimum Gasteiger partial charge on any atom is -0.480 e. The number of hydrogen-bond donors (Lipinski definition) is 2. The highest BCUT2D eigenvalue weighted by Gasteiger charge is 2.34. The zero-order valence-electron chi connectivity index (χ0n) is 11.5. The minimum absolute atomic E-state index is 0.202. The number of benzene rings is 1. The van der Waals surface area contributed by atoms with E-state index in [1.165, 1.54) is 5.56 Å². The maximum atomic E-state index is 11.2. The van der Waals surface area contributed by atoms with E-state index in [0.29, 0.717) is 6.42 Å². The molecule has 0 radical (unpaired) electrons. The van der Waals surface area contributed by atoms with Gasteiger partial charge in [-0.2, -0.15) is 0 Å². The van der Waals surface area contributed by atoms with Crippen LogP contribution in [0.5, 0.6) is 0 Å². The molecule has 1 aliphatic rings. The zero-order chi connectivity index (χ0) is 13.8. The molecular weight excluding hydrogens is 240 g/mol. The van der Waals surface area contributed by atoms with Crippen LogP contribution in [0.4, 0.5) is 0 Å². The van der Waals surface area contributed by atoms with E-state index in [1.807, 2.05) is 25.1 Å². The SMILES string of the molecule is CCC(NC1CCN(C)C1c1ccccc1)C(=O)O. The lowest BCUT2D eigenvalue weighted by molar-refractivity contribution is -0.139. The molecule has 1 aromatic rings. The quantitative estimate of drug-likeness (QED) is 0.851. The summed E-state index contributed by atoms with van der Waals surface area (Å²) >= 11 is 0. The van der Waals surface area contributed by atoms with Gasteiger partial charge in [-0.25, -0.2) is 0 Å². The number of carboxylic acids is 1. The van der Waals surface area contributed by atoms with Crippen LogP contribution in [-0.4, -0.2) is 41.7 Å². The number of nitrogens with one attached hydrogen (secondary N) is 1. The molecule has 3 unspecified atom stereocenters. The molecule has 0 saturated carbocycles. The summed E-state index contributed by atoms with van der Waals surface area (Å²) in [5, 5.41) is 12.5. The van der Waals surface area contributed by atoms with Gasteiger partial charge in [0, 0.05) is 18.6 Å². The fourth-order valence-corrected chi connectivity index (χ4v) is 2.88. The molecular formula is C15H22N2O2. The summed E-state index contributed by atoms with van der Waals surface area (Å²) < 4.78 is 0. The third kappa shape index (κ3) is 3.14. The Balaban J connectivity index is 2.14. The topological polar surface area (TPSA) is 52.6 Å². The van der Waals surface area contributed by atoms with Crippen molar-refractivity contribution in [2.75, 3.05) is 13.6 Å². The standard InChI is InChI=1S/C15H22N2O2/c1-3-12(15(18)19)16-13-9-10-17(2)14(13)11-7-5-4-6-8-11/h4-8,12-14,16H,3,9-10H2,1-2H3,(H,18,19). The first-order chi connectivity index (χ1) is 9.13. The van der Waals surface area contributed by atoms with Crippen LogP contribution in [0.1, 0.15) is 31.4 Å². The fourth-order valence-electron chi connectivity index (χ4n) is 2.88. The van der Waals surface area contributed by atoms with E-state index in [4.69, 9.17) is 0 Å². The molecule has 0 bridgehead atoms. The first kappa shape index (κ1) is 14.0. The van der Waals surface area contributed by atoms with E-state index >= 15 is 0 Å². The van der Waals surface area contributed by atoms with Crippen molar-refractivity contribution in [1.82, 2.24) is 10.2 Å². The maximum Gasteiger partial charge on any atom is 0.320 e. The summed E-state index contributed by atoms with van der Waals surface area (Å²) in [4.78, 5) is 13.5. The van der Waals surface area contributed by atoms with Crippen LogP contribution in [0, 0.1) is 0 Å². The Labute approximate surface area is 114 Å². The Morgan fingerprint density at radius 3 is 2.74 bits per heavy atom. The van der Waals surface area contributed by atoms with Gasteiger partial charge in [0.2, 0.25) is 0 Å². The monoisotopic (exact) mass is 262 g/mol. The summed E-state index contributed by atoms with van der Waals surface area (Å²) in [6.45, 7) is 2.90. The zero-order valence-corrected chi connectivity index (χ0v) is 11.5. The van der Waals surface area contributed by atoms with E-state index in [0.717, 1.165) is 13.0 Å². The highest BCUT2D eigenvalue weighted by molar-refractivity contribution is 5.73. The van der Waals surface area contributed by atoms with Gasteiger partial charge in [-0.15, -0.1) is 0 Å². The van der Waals surface area contributed by atoms with Gasteiger partial charge >= 0.3 is 5.97 Å². The third-order valence-corrected chi connectivity index (χ3v) is 3.91. The van der Waals surface area contributed by atoms with Crippen molar-refractivity contribution < 1.29 is 9.90 Å². The molecule has 2 N–H and O–H groups in total. The molecule has 1 heterocycles. The lowest BCUT2D eigenvalue weighted by Gasteiger charge is -2.28. The van der Waals surface area contributed by atoms with Gasteiger partial charge in [0.05, 0.1) is 0 Å². The lowest BCUT2D eigenvalue weighted by atomic mass is 9.99. The van der Waals surface area contributed by atoms with Gasteiger partial charge in [0.15, 0.2) is 0 Å². The van der Waals surface area contributed by atoms with Crippen LogP contribution in [0.25, 0.3) is 0 Å². The summed E-state index contributed by atoms with van der Waals surface area (Å²) in [5.74, 6) is -0.760. The largest absolute Gasteiger partial charge is 0.480 e. The van der Waals surface area contributed by atoms with Crippen molar-refractivity contribution in [3.05, 3.63) is 35.9 Å². The van der Waals surface area contributed by atoms with Crippen LogP contribution in [0.2, 0.25) is 0 Å². The molecule has 104 valence electrons. The van der Waals surface area contributed by atoms with Gasteiger partial charge in [0.25, 0.3) is 0 Å². The van der Waals surface area contributed by atoms with E-state index in [-0.39, 0.29) is 12.1 Å². The smallest absolute Gasteiger partial charge is 0.320 e. The van der Waals surface area contributed by atoms with Crippen molar-refractivity contribution in [1.29, 1.82) is 0 Å². The first-order valence-corrected chi connectivity index (χ1v) is 6.87. The van der Waals surface area contributed by atoms with Crippen molar-refractivity contribution in [3.63, 3.8) is 0 Å². The van der Waals surface area contributed by atoms with E-state index in [9.17, 15) is 9.90 Å².